The minimum absolute atomic E-state index is 0.676. The summed E-state index contributed by atoms with van der Waals surface area (Å²) in [5.41, 5.74) is 3.47. The van der Waals surface area contributed by atoms with Crippen LogP contribution in [0.1, 0.15) is 11.6 Å². The maximum Gasteiger partial charge on any atom is 0.164 e. The Morgan fingerprint density at radius 1 is 0.839 bits per heavy atom. The predicted octanol–water partition coefficient (Wildman–Crippen LogP) is 4.95. The highest BCUT2D eigenvalue weighted by molar-refractivity contribution is 7.17. The van der Waals surface area contributed by atoms with Gasteiger partial charge in [-0.25, -0.2) is 9.97 Å². The Morgan fingerprint density at radius 2 is 1.58 bits per heavy atom. The monoisotopic (exact) mass is 424 g/mol. The molecule has 31 heavy (non-hydrogen) atoms. The van der Waals surface area contributed by atoms with Crippen LogP contribution in [0, 0.1) is 6.92 Å². The number of anilines is 1. The number of thiophene rings is 1. The molecule has 0 radical (unpaired) electrons. The molecule has 0 saturated heterocycles. The van der Waals surface area contributed by atoms with E-state index >= 15 is 0 Å². The molecule has 0 spiro atoms. The van der Waals surface area contributed by atoms with Gasteiger partial charge >= 0.3 is 0 Å². The van der Waals surface area contributed by atoms with Gasteiger partial charge in [0.05, 0.1) is 11.9 Å². The molecular weight excluding hydrogens is 404 g/mol. The van der Waals surface area contributed by atoms with E-state index in [0.29, 0.717) is 6.54 Å². The van der Waals surface area contributed by atoms with Crippen molar-refractivity contribution in [1.29, 1.82) is 0 Å². The normalized spacial score (nSPS) is 13.5. The first-order chi connectivity index (χ1) is 15.3. The van der Waals surface area contributed by atoms with Crippen LogP contribution < -0.4 is 4.90 Å². The fourth-order valence-corrected chi connectivity index (χ4v) is 5.21. The summed E-state index contributed by atoms with van der Waals surface area (Å²) in [5, 5.41) is 12.3. The summed E-state index contributed by atoms with van der Waals surface area (Å²) in [5.74, 6) is 3.67. The van der Waals surface area contributed by atoms with E-state index in [1.54, 1.807) is 11.3 Å². The maximum absolute atomic E-state index is 4.89. The van der Waals surface area contributed by atoms with E-state index in [1.165, 1.54) is 11.1 Å². The number of hydrogen-bond donors (Lipinski definition) is 0. The molecule has 3 aromatic heterocycles. The minimum atomic E-state index is 0.676. The molecule has 4 heterocycles. The van der Waals surface area contributed by atoms with E-state index in [4.69, 9.17) is 9.97 Å². The molecular formula is C24H20N6S. The first kappa shape index (κ1) is 18.2. The first-order valence-corrected chi connectivity index (χ1v) is 11.2. The topological polar surface area (TPSA) is 59.7 Å². The molecule has 0 unspecified atom stereocenters. The Morgan fingerprint density at radius 3 is 2.35 bits per heavy atom. The Labute approximate surface area is 183 Å². The van der Waals surface area contributed by atoms with Gasteiger partial charge in [-0.2, -0.15) is 0 Å². The van der Waals surface area contributed by atoms with Crippen molar-refractivity contribution >= 4 is 27.4 Å². The Hall–Kier alpha value is -3.58. The Kier molecular flexibility index (Phi) is 4.28. The first-order valence-electron chi connectivity index (χ1n) is 10.3. The molecule has 7 heteroatoms. The Balaban J connectivity index is 1.43. The maximum atomic E-state index is 4.89. The predicted molar refractivity (Wildman–Crippen MR) is 124 cm³/mol. The highest BCUT2D eigenvalue weighted by Crippen LogP contribution is 2.39. The SMILES string of the molecule is Cc1nc(N2CCn3c(nnc3-c3ccccc3)C2)c2c(-c3ccccc3)csc2n1. The quantitative estimate of drug-likeness (QED) is 0.410. The highest BCUT2D eigenvalue weighted by Gasteiger charge is 2.26. The number of rotatable bonds is 3. The summed E-state index contributed by atoms with van der Waals surface area (Å²) in [6.45, 7) is 4.31. The van der Waals surface area contributed by atoms with Gasteiger partial charge in [0.2, 0.25) is 0 Å². The molecule has 6 rings (SSSR count). The Bertz CT molecular complexity index is 1370. The molecule has 2 aromatic carbocycles. The van der Waals surface area contributed by atoms with Gasteiger partial charge in [-0.15, -0.1) is 21.5 Å². The third kappa shape index (κ3) is 3.09. The van der Waals surface area contributed by atoms with Crippen LogP contribution >= 0.6 is 11.3 Å². The van der Waals surface area contributed by atoms with Gasteiger partial charge in [0.15, 0.2) is 11.6 Å². The van der Waals surface area contributed by atoms with Gasteiger partial charge in [-0.1, -0.05) is 60.7 Å². The van der Waals surface area contributed by atoms with E-state index in [1.807, 2.05) is 31.2 Å². The number of aromatic nitrogens is 5. The van der Waals surface area contributed by atoms with Gasteiger partial charge < -0.3 is 9.47 Å². The average Bonchev–Trinajstić information content (AvgIpc) is 3.43. The van der Waals surface area contributed by atoms with Gasteiger partial charge in [0, 0.05) is 29.6 Å². The molecule has 6 nitrogen and oxygen atoms in total. The number of hydrogen-bond acceptors (Lipinski definition) is 6. The summed E-state index contributed by atoms with van der Waals surface area (Å²) in [6, 6.07) is 20.7. The van der Waals surface area contributed by atoms with Crippen molar-refractivity contribution in [1.82, 2.24) is 24.7 Å². The largest absolute Gasteiger partial charge is 0.347 e. The number of aryl methyl sites for hydroxylation is 1. The van der Waals surface area contributed by atoms with Crippen molar-refractivity contribution in [3.63, 3.8) is 0 Å². The molecule has 0 N–H and O–H groups in total. The van der Waals surface area contributed by atoms with Crippen molar-refractivity contribution in [2.45, 2.75) is 20.0 Å². The summed E-state index contributed by atoms with van der Waals surface area (Å²) in [6.07, 6.45) is 0. The van der Waals surface area contributed by atoms with Gasteiger partial charge in [0.25, 0.3) is 0 Å². The number of nitrogens with zero attached hydrogens (tertiary/aromatic N) is 6. The van der Waals surface area contributed by atoms with Crippen LogP contribution in [0.5, 0.6) is 0 Å². The van der Waals surface area contributed by atoms with E-state index in [0.717, 1.165) is 52.2 Å². The van der Waals surface area contributed by atoms with Crippen LogP contribution in [0.3, 0.4) is 0 Å². The van der Waals surface area contributed by atoms with Crippen LogP contribution in [0.15, 0.2) is 66.0 Å². The standard InChI is InChI=1S/C24H20N6S/c1-16-25-23(21-19(15-31-24(21)26-16)17-8-4-2-5-9-17)29-12-13-30-20(14-29)27-28-22(30)18-10-6-3-7-11-18/h2-11,15H,12-14H2,1H3. The smallest absolute Gasteiger partial charge is 0.164 e. The fourth-order valence-electron chi connectivity index (χ4n) is 4.23. The van der Waals surface area contributed by atoms with Gasteiger partial charge in [-0.05, 0) is 12.5 Å². The molecule has 0 bridgehead atoms. The van der Waals surface area contributed by atoms with Crippen LogP contribution in [0.4, 0.5) is 5.82 Å². The van der Waals surface area contributed by atoms with Crippen molar-refractivity contribution in [3.05, 3.63) is 77.7 Å². The highest BCUT2D eigenvalue weighted by atomic mass is 32.1. The minimum Gasteiger partial charge on any atom is -0.347 e. The van der Waals surface area contributed by atoms with Crippen LogP contribution in [0.2, 0.25) is 0 Å². The summed E-state index contributed by atoms with van der Waals surface area (Å²) >= 11 is 1.68. The van der Waals surface area contributed by atoms with Crippen LogP contribution in [-0.2, 0) is 13.1 Å². The third-order valence-electron chi connectivity index (χ3n) is 5.70. The second-order valence-corrected chi connectivity index (χ2v) is 8.53. The third-order valence-corrected chi connectivity index (χ3v) is 6.57. The number of benzene rings is 2. The molecule has 1 aliphatic heterocycles. The van der Waals surface area contributed by atoms with E-state index in [-0.39, 0.29) is 0 Å². The van der Waals surface area contributed by atoms with Crippen LogP contribution in [-0.4, -0.2) is 31.3 Å². The lowest BCUT2D eigenvalue weighted by Crippen LogP contribution is -2.35. The van der Waals surface area contributed by atoms with Crippen LogP contribution in [0.25, 0.3) is 32.7 Å². The summed E-state index contributed by atoms with van der Waals surface area (Å²) in [7, 11) is 0. The second-order valence-electron chi connectivity index (χ2n) is 7.67. The fraction of sp³-hybridized carbons (Fsp3) is 0.167. The number of fused-ring (bicyclic) bond motifs is 2. The van der Waals surface area contributed by atoms with Gasteiger partial charge in [-0.3, -0.25) is 0 Å². The molecule has 0 aliphatic carbocycles. The van der Waals surface area contributed by atoms with Crippen molar-refractivity contribution < 1.29 is 0 Å². The van der Waals surface area contributed by atoms with E-state index < -0.39 is 0 Å². The lowest BCUT2D eigenvalue weighted by Gasteiger charge is -2.29. The zero-order chi connectivity index (χ0) is 20.8. The molecule has 0 atom stereocenters. The molecule has 1 aliphatic rings. The lowest BCUT2D eigenvalue weighted by molar-refractivity contribution is 0.560. The van der Waals surface area contributed by atoms with Crippen molar-refractivity contribution in [2.24, 2.45) is 0 Å². The van der Waals surface area contributed by atoms with E-state index in [2.05, 4.69) is 61.4 Å². The average molecular weight is 425 g/mol. The zero-order valence-electron chi connectivity index (χ0n) is 17.1. The van der Waals surface area contributed by atoms with Gasteiger partial charge in [0.1, 0.15) is 16.5 Å². The molecule has 0 amide bonds. The summed E-state index contributed by atoms with van der Waals surface area (Å²) in [4.78, 5) is 12.9. The van der Waals surface area contributed by atoms with Crippen molar-refractivity contribution in [3.8, 4) is 22.5 Å². The van der Waals surface area contributed by atoms with E-state index in [9.17, 15) is 0 Å². The molecule has 152 valence electrons. The van der Waals surface area contributed by atoms with Crippen molar-refractivity contribution in [2.75, 3.05) is 11.4 Å². The summed E-state index contributed by atoms with van der Waals surface area (Å²) < 4.78 is 2.23. The molecule has 0 saturated carbocycles. The molecule has 5 aromatic rings. The second kappa shape index (κ2) is 7.28. The lowest BCUT2D eigenvalue weighted by atomic mass is 10.1. The molecule has 0 fully saturated rings. The zero-order valence-corrected chi connectivity index (χ0v) is 17.9.